The van der Waals surface area contributed by atoms with Crippen LogP contribution in [0.15, 0.2) is 42.5 Å². The monoisotopic (exact) mass is 874 g/mol. The van der Waals surface area contributed by atoms with Crippen LogP contribution in [0.4, 0.5) is 34.1 Å². The molecule has 0 bridgehead atoms. The van der Waals surface area contributed by atoms with Gasteiger partial charge in [-0.2, -0.15) is 18.2 Å². The minimum absolute atomic E-state index is 0.0187. The first kappa shape index (κ1) is 45.7. The van der Waals surface area contributed by atoms with E-state index in [4.69, 9.17) is 26.9 Å². The van der Waals surface area contributed by atoms with Gasteiger partial charge in [0.25, 0.3) is 11.8 Å². The summed E-state index contributed by atoms with van der Waals surface area (Å²) in [6.45, 7) is 7.58. The normalized spacial score (nSPS) is 21.1. The van der Waals surface area contributed by atoms with Gasteiger partial charge in [0.1, 0.15) is 12.5 Å². The van der Waals surface area contributed by atoms with Gasteiger partial charge in [0.05, 0.1) is 22.3 Å². The van der Waals surface area contributed by atoms with E-state index in [1.807, 2.05) is 44.1 Å². The summed E-state index contributed by atoms with van der Waals surface area (Å²) >= 11 is 6.15. The van der Waals surface area contributed by atoms with Crippen LogP contribution in [0.2, 0.25) is 5.02 Å². The summed E-state index contributed by atoms with van der Waals surface area (Å²) in [5.41, 5.74) is 5.71. The molecule has 15 nitrogen and oxygen atoms in total. The number of para-hydroxylation sites is 1. The molecule has 0 radical (unpaired) electrons. The van der Waals surface area contributed by atoms with E-state index in [0.717, 1.165) is 17.3 Å². The zero-order valence-corrected chi connectivity index (χ0v) is 35.3. The second kappa shape index (κ2) is 20.3. The number of benzene rings is 2. The van der Waals surface area contributed by atoms with Gasteiger partial charge in [-0.15, -0.1) is 0 Å². The molecule has 5 amide bonds. The Labute approximate surface area is 358 Å². The number of likely N-dealkylation sites (N-methyl/N-ethyl adjacent to an activating group) is 1. The maximum Gasteiger partial charge on any atom is 0.418 e. The third-order valence-corrected chi connectivity index (χ3v) is 12.5. The Morgan fingerprint density at radius 3 is 2.34 bits per heavy atom. The third kappa shape index (κ3) is 11.2. The highest BCUT2D eigenvalue weighted by Crippen LogP contribution is 2.38. The molecule has 4 heterocycles. The number of nitrogen functional groups attached to an aromatic ring is 1. The quantitative estimate of drug-likeness (QED) is 0.226. The fourth-order valence-corrected chi connectivity index (χ4v) is 8.95. The van der Waals surface area contributed by atoms with E-state index in [2.05, 4.69) is 10.2 Å². The number of fused-ring (bicyclic) bond motifs is 1. The topological polar surface area (TPSA) is 161 Å². The number of hydrogen-bond donors (Lipinski definition) is 2. The fourth-order valence-electron chi connectivity index (χ4n) is 8.71. The number of halogens is 4. The number of likely N-dealkylation sites (tertiary alicyclic amines) is 1. The van der Waals surface area contributed by atoms with Crippen LogP contribution in [0, 0.1) is 0 Å². The van der Waals surface area contributed by atoms with Crippen LogP contribution in [0.3, 0.4) is 0 Å². The lowest BCUT2D eigenvalue weighted by Crippen LogP contribution is -2.57. The first-order valence-electron chi connectivity index (χ1n) is 20.9. The van der Waals surface area contributed by atoms with Crippen molar-refractivity contribution in [3.05, 3.63) is 64.2 Å². The van der Waals surface area contributed by atoms with Crippen molar-refractivity contribution in [2.75, 3.05) is 83.1 Å². The zero-order chi connectivity index (χ0) is 43.8. The number of hydrogen-bond acceptors (Lipinski definition) is 10. The SMILES string of the molecule is CCN(CC)C(=O)CON1CCC(N2CCN(C(=O)[C@@H](Cc3cc(Cl)c(N)c(C(F)(F)F)c3)OC(=O)N3CCC(N4CCc5ccccc5NC4=O)CC3)CC2)CC1C=C=O. The molecule has 3 N–H and O–H groups in total. The van der Waals surface area contributed by atoms with Gasteiger partial charge in [0, 0.05) is 95.7 Å². The van der Waals surface area contributed by atoms with Crippen molar-refractivity contribution in [3.63, 3.8) is 0 Å². The van der Waals surface area contributed by atoms with Gasteiger partial charge in [0.15, 0.2) is 6.10 Å². The van der Waals surface area contributed by atoms with E-state index < -0.39 is 41.6 Å². The molecule has 2 unspecified atom stereocenters. The van der Waals surface area contributed by atoms with Gasteiger partial charge in [-0.05, 0) is 75.3 Å². The van der Waals surface area contributed by atoms with Gasteiger partial charge in [-0.1, -0.05) is 29.8 Å². The van der Waals surface area contributed by atoms with Gasteiger partial charge < -0.3 is 35.4 Å². The van der Waals surface area contributed by atoms with Crippen molar-refractivity contribution in [2.24, 2.45) is 0 Å². The molecule has 332 valence electrons. The van der Waals surface area contributed by atoms with E-state index in [1.165, 1.54) is 17.0 Å². The summed E-state index contributed by atoms with van der Waals surface area (Å²) in [5, 5.41) is 4.28. The van der Waals surface area contributed by atoms with E-state index in [1.54, 1.807) is 19.8 Å². The van der Waals surface area contributed by atoms with Crippen molar-refractivity contribution in [1.29, 1.82) is 0 Å². The maximum atomic E-state index is 14.2. The van der Waals surface area contributed by atoms with Crippen LogP contribution in [-0.4, -0.2) is 156 Å². The molecule has 4 aliphatic rings. The number of urea groups is 1. The number of piperazine rings is 1. The standard InChI is InChI=1S/C42H54ClF3N8O7/c1-3-49(4-2)37(56)27-60-54-17-12-31(26-32(54)13-22-55)50-18-20-51(21-19-50)39(57)36(25-28-23-33(42(44,45)46)38(47)34(43)24-28)61-41(59)52-14-10-30(11-15-52)53-16-9-29-7-5-6-8-35(29)48-40(53)58/h5-8,13,23-24,30-32,36H,3-4,9-12,14-21,25-27,47H2,1-2H3,(H,48,58)/t31?,32?,36-/m1/s1. The predicted octanol–water partition coefficient (Wildman–Crippen LogP) is 4.71. The van der Waals surface area contributed by atoms with Crippen LogP contribution >= 0.6 is 11.6 Å². The van der Waals surface area contributed by atoms with Crippen molar-refractivity contribution in [1.82, 2.24) is 29.6 Å². The highest BCUT2D eigenvalue weighted by Gasteiger charge is 2.39. The minimum Gasteiger partial charge on any atom is -0.436 e. The average Bonchev–Trinajstić information content (AvgIpc) is 3.42. The maximum absolute atomic E-state index is 14.2. The number of ether oxygens (including phenoxy) is 1. The lowest BCUT2D eigenvalue weighted by Gasteiger charge is -2.45. The first-order valence-corrected chi connectivity index (χ1v) is 21.3. The molecule has 0 aromatic heterocycles. The average molecular weight is 875 g/mol. The summed E-state index contributed by atoms with van der Waals surface area (Å²) in [4.78, 5) is 79.6. The van der Waals surface area contributed by atoms with E-state index in [-0.39, 0.29) is 73.8 Å². The first-order chi connectivity index (χ1) is 29.2. The van der Waals surface area contributed by atoms with Crippen LogP contribution < -0.4 is 11.1 Å². The summed E-state index contributed by atoms with van der Waals surface area (Å²) < 4.78 is 47.7. The zero-order valence-electron chi connectivity index (χ0n) is 34.5. The molecule has 2 aromatic carbocycles. The lowest BCUT2D eigenvalue weighted by atomic mass is 9.96. The number of nitrogens with two attached hydrogens (primary N) is 1. The number of carbonyl (C=O) groups is 4. The Balaban J connectivity index is 1.09. The molecule has 6 rings (SSSR count). The molecule has 2 aromatic rings. The fraction of sp³-hybridized carbons (Fsp3) is 0.571. The van der Waals surface area contributed by atoms with Crippen LogP contribution in [-0.2, 0) is 43.0 Å². The Morgan fingerprint density at radius 2 is 1.67 bits per heavy atom. The Kier molecular flexibility index (Phi) is 15.2. The van der Waals surface area contributed by atoms with E-state index in [9.17, 15) is 37.1 Å². The highest BCUT2D eigenvalue weighted by atomic mass is 35.5. The molecule has 4 aliphatic heterocycles. The number of hydroxylamine groups is 2. The number of alkyl halides is 3. The molecule has 0 saturated carbocycles. The van der Waals surface area contributed by atoms with Crippen LogP contribution in [0.5, 0.6) is 0 Å². The van der Waals surface area contributed by atoms with Gasteiger partial charge >= 0.3 is 18.3 Å². The summed E-state index contributed by atoms with van der Waals surface area (Å²) in [5.74, 6) is 1.14. The molecule has 3 atom stereocenters. The third-order valence-electron chi connectivity index (χ3n) is 12.2. The van der Waals surface area contributed by atoms with Gasteiger partial charge in [0.2, 0.25) is 0 Å². The Bertz CT molecular complexity index is 1950. The number of nitrogens with one attached hydrogen (secondary N) is 1. The smallest absolute Gasteiger partial charge is 0.418 e. The molecule has 0 spiro atoms. The molecular formula is C42H54ClF3N8O7. The summed E-state index contributed by atoms with van der Waals surface area (Å²) in [7, 11) is 0. The van der Waals surface area contributed by atoms with Crippen LogP contribution in [0.1, 0.15) is 56.2 Å². The van der Waals surface area contributed by atoms with Crippen molar-refractivity contribution in [3.8, 4) is 0 Å². The predicted molar refractivity (Wildman–Crippen MR) is 221 cm³/mol. The van der Waals surface area contributed by atoms with Crippen molar-refractivity contribution in [2.45, 2.75) is 82.8 Å². The number of rotatable bonds is 12. The number of carbonyl (C=O) groups excluding carboxylic acids is 5. The number of anilines is 2. The van der Waals surface area contributed by atoms with Crippen molar-refractivity contribution < 1.29 is 46.7 Å². The summed E-state index contributed by atoms with van der Waals surface area (Å²) in [6.07, 6.45) is -3.29. The van der Waals surface area contributed by atoms with E-state index in [0.29, 0.717) is 71.4 Å². The number of nitrogens with zero attached hydrogens (tertiary/aromatic N) is 6. The number of amides is 5. The molecule has 3 saturated heterocycles. The van der Waals surface area contributed by atoms with Crippen LogP contribution in [0.25, 0.3) is 0 Å². The Morgan fingerprint density at radius 1 is 0.984 bits per heavy atom. The lowest BCUT2D eigenvalue weighted by molar-refractivity contribution is -0.201. The Hall–Kier alpha value is -4.87. The minimum atomic E-state index is -4.82. The van der Waals surface area contributed by atoms with E-state index >= 15 is 0 Å². The molecular weight excluding hydrogens is 821 g/mol. The number of piperidine rings is 2. The van der Waals surface area contributed by atoms with Crippen molar-refractivity contribution >= 4 is 52.9 Å². The molecule has 19 heteroatoms. The van der Waals surface area contributed by atoms with Gasteiger partial charge in [-0.3, -0.25) is 19.3 Å². The molecule has 61 heavy (non-hydrogen) atoms. The second-order valence-electron chi connectivity index (χ2n) is 15.7. The highest BCUT2D eigenvalue weighted by molar-refractivity contribution is 6.33. The van der Waals surface area contributed by atoms with Gasteiger partial charge in [-0.25, -0.2) is 14.4 Å². The largest absolute Gasteiger partial charge is 0.436 e. The summed E-state index contributed by atoms with van der Waals surface area (Å²) in [6, 6.07) is 8.94. The second-order valence-corrected chi connectivity index (χ2v) is 16.1. The molecule has 0 aliphatic carbocycles. The molecule has 3 fully saturated rings.